The standard InChI is InChI=1S/C14H11Cl2F2N/c15-9-5-4-8(11(16)7-9)6-13(19)10-2-1-3-12(17)14(10)18/h1-5,7,13H,6,19H2. The van der Waals surface area contributed by atoms with Crippen molar-refractivity contribution in [1.82, 2.24) is 0 Å². The summed E-state index contributed by atoms with van der Waals surface area (Å²) in [6.45, 7) is 0. The first-order valence-corrected chi connectivity index (χ1v) is 6.38. The molecule has 1 nitrogen and oxygen atoms in total. The average Bonchev–Trinajstić information content (AvgIpc) is 2.36. The van der Waals surface area contributed by atoms with Crippen molar-refractivity contribution in [2.24, 2.45) is 5.73 Å². The molecule has 0 saturated heterocycles. The zero-order valence-corrected chi connectivity index (χ0v) is 11.3. The Morgan fingerprint density at radius 2 is 1.84 bits per heavy atom. The van der Waals surface area contributed by atoms with Crippen LogP contribution >= 0.6 is 23.2 Å². The second kappa shape index (κ2) is 5.87. The molecule has 0 aliphatic carbocycles. The molecule has 0 bridgehead atoms. The number of halogens is 4. The van der Waals surface area contributed by atoms with Gasteiger partial charge >= 0.3 is 0 Å². The third-order valence-corrected chi connectivity index (χ3v) is 3.42. The van der Waals surface area contributed by atoms with Gasteiger partial charge < -0.3 is 5.73 Å². The van der Waals surface area contributed by atoms with E-state index in [0.29, 0.717) is 16.5 Å². The Bertz CT molecular complexity index is 602. The summed E-state index contributed by atoms with van der Waals surface area (Å²) in [5.74, 6) is -1.82. The topological polar surface area (TPSA) is 26.0 Å². The minimum absolute atomic E-state index is 0.131. The average molecular weight is 302 g/mol. The minimum atomic E-state index is -0.917. The molecule has 0 radical (unpaired) electrons. The molecule has 0 spiro atoms. The smallest absolute Gasteiger partial charge is 0.163 e. The maximum atomic E-state index is 13.6. The van der Waals surface area contributed by atoms with E-state index < -0.39 is 17.7 Å². The van der Waals surface area contributed by atoms with E-state index in [1.807, 2.05) is 0 Å². The summed E-state index contributed by atoms with van der Waals surface area (Å²) in [4.78, 5) is 0. The van der Waals surface area contributed by atoms with Gasteiger partial charge in [-0.3, -0.25) is 0 Å². The Labute approximate surface area is 119 Å². The van der Waals surface area contributed by atoms with Crippen molar-refractivity contribution >= 4 is 23.2 Å². The highest BCUT2D eigenvalue weighted by atomic mass is 35.5. The van der Waals surface area contributed by atoms with Gasteiger partial charge in [0, 0.05) is 21.7 Å². The maximum Gasteiger partial charge on any atom is 0.163 e. The van der Waals surface area contributed by atoms with Crippen LogP contribution in [-0.2, 0) is 6.42 Å². The van der Waals surface area contributed by atoms with Gasteiger partial charge in [-0.2, -0.15) is 0 Å². The summed E-state index contributed by atoms with van der Waals surface area (Å²) < 4.78 is 26.7. The predicted octanol–water partition coefficient (Wildman–Crippen LogP) is 4.51. The predicted molar refractivity (Wildman–Crippen MR) is 73.5 cm³/mol. The van der Waals surface area contributed by atoms with E-state index in [2.05, 4.69) is 0 Å². The second-order valence-corrected chi connectivity index (χ2v) is 5.03. The van der Waals surface area contributed by atoms with Crippen LogP contribution in [0.5, 0.6) is 0 Å². The summed E-state index contributed by atoms with van der Waals surface area (Å²) in [5, 5.41) is 0.971. The zero-order chi connectivity index (χ0) is 14.0. The molecule has 0 amide bonds. The van der Waals surface area contributed by atoms with Gasteiger partial charge in [0.1, 0.15) is 0 Å². The maximum absolute atomic E-state index is 13.6. The van der Waals surface area contributed by atoms with E-state index >= 15 is 0 Å². The normalized spacial score (nSPS) is 12.5. The Kier molecular flexibility index (Phi) is 4.40. The van der Waals surface area contributed by atoms with E-state index in [9.17, 15) is 8.78 Å². The SMILES string of the molecule is NC(Cc1ccc(Cl)cc1Cl)c1cccc(F)c1F. The van der Waals surface area contributed by atoms with Crippen molar-refractivity contribution in [3.05, 3.63) is 69.2 Å². The van der Waals surface area contributed by atoms with Gasteiger partial charge in [-0.15, -0.1) is 0 Å². The molecule has 0 aromatic heterocycles. The molecule has 2 aromatic carbocycles. The van der Waals surface area contributed by atoms with Gasteiger partial charge in [-0.1, -0.05) is 41.4 Å². The summed E-state index contributed by atoms with van der Waals surface area (Å²) in [6, 6.07) is 8.27. The van der Waals surface area contributed by atoms with Gasteiger partial charge in [0.05, 0.1) is 0 Å². The summed E-state index contributed by atoms with van der Waals surface area (Å²) in [7, 11) is 0. The minimum Gasteiger partial charge on any atom is -0.324 e. The van der Waals surface area contributed by atoms with Crippen molar-refractivity contribution in [3.63, 3.8) is 0 Å². The molecule has 0 fully saturated rings. The van der Waals surface area contributed by atoms with Crippen molar-refractivity contribution < 1.29 is 8.78 Å². The molecule has 2 N–H and O–H groups in total. The summed E-state index contributed by atoms with van der Waals surface area (Å²) >= 11 is 11.8. The van der Waals surface area contributed by atoms with Crippen LogP contribution in [0.25, 0.3) is 0 Å². The van der Waals surface area contributed by atoms with Crippen LogP contribution in [0.15, 0.2) is 36.4 Å². The fourth-order valence-corrected chi connectivity index (χ4v) is 2.33. The van der Waals surface area contributed by atoms with Crippen LogP contribution < -0.4 is 5.73 Å². The first-order valence-electron chi connectivity index (χ1n) is 5.62. The van der Waals surface area contributed by atoms with Gasteiger partial charge in [0.2, 0.25) is 0 Å². The molecule has 100 valence electrons. The molecule has 5 heteroatoms. The summed E-state index contributed by atoms with van der Waals surface area (Å²) in [5.41, 5.74) is 6.77. The fourth-order valence-electron chi connectivity index (χ4n) is 1.84. The molecule has 0 aliphatic heterocycles. The summed E-state index contributed by atoms with van der Waals surface area (Å²) in [6.07, 6.45) is 0.302. The number of hydrogen-bond acceptors (Lipinski definition) is 1. The lowest BCUT2D eigenvalue weighted by atomic mass is 9.99. The van der Waals surface area contributed by atoms with Crippen LogP contribution in [0.1, 0.15) is 17.2 Å². The van der Waals surface area contributed by atoms with Gasteiger partial charge in [-0.25, -0.2) is 8.78 Å². The van der Waals surface area contributed by atoms with E-state index in [1.165, 1.54) is 12.1 Å². The van der Waals surface area contributed by atoms with Crippen LogP contribution in [0.3, 0.4) is 0 Å². The van der Waals surface area contributed by atoms with Crippen LogP contribution in [0.4, 0.5) is 8.78 Å². The number of hydrogen-bond donors (Lipinski definition) is 1. The molecule has 0 aliphatic rings. The first kappa shape index (κ1) is 14.3. The number of nitrogens with two attached hydrogens (primary N) is 1. The third-order valence-electron chi connectivity index (χ3n) is 2.84. The molecule has 2 aromatic rings. The highest BCUT2D eigenvalue weighted by Gasteiger charge is 2.16. The lowest BCUT2D eigenvalue weighted by Crippen LogP contribution is -2.16. The third kappa shape index (κ3) is 3.24. The van der Waals surface area contributed by atoms with E-state index in [4.69, 9.17) is 28.9 Å². The Morgan fingerprint density at radius 3 is 2.53 bits per heavy atom. The van der Waals surface area contributed by atoms with Crippen LogP contribution in [0.2, 0.25) is 10.0 Å². The quantitative estimate of drug-likeness (QED) is 0.886. The van der Waals surface area contributed by atoms with Crippen molar-refractivity contribution in [1.29, 1.82) is 0 Å². The molecular weight excluding hydrogens is 291 g/mol. The molecule has 19 heavy (non-hydrogen) atoms. The van der Waals surface area contributed by atoms with Crippen molar-refractivity contribution in [2.75, 3.05) is 0 Å². The Morgan fingerprint density at radius 1 is 1.11 bits per heavy atom. The van der Waals surface area contributed by atoms with Crippen LogP contribution in [-0.4, -0.2) is 0 Å². The van der Waals surface area contributed by atoms with Gasteiger partial charge in [0.15, 0.2) is 11.6 Å². The Hall–Kier alpha value is -1.16. The number of benzene rings is 2. The van der Waals surface area contributed by atoms with E-state index in [-0.39, 0.29) is 5.56 Å². The van der Waals surface area contributed by atoms with Crippen molar-refractivity contribution in [3.8, 4) is 0 Å². The second-order valence-electron chi connectivity index (χ2n) is 4.19. The molecule has 0 saturated carbocycles. The molecule has 0 heterocycles. The lowest BCUT2D eigenvalue weighted by Gasteiger charge is -2.14. The highest BCUT2D eigenvalue weighted by Crippen LogP contribution is 2.26. The first-order chi connectivity index (χ1) is 8.99. The lowest BCUT2D eigenvalue weighted by molar-refractivity contribution is 0.488. The number of rotatable bonds is 3. The Balaban J connectivity index is 2.25. The molecule has 1 unspecified atom stereocenters. The molecular formula is C14H11Cl2F2N. The fraction of sp³-hybridized carbons (Fsp3) is 0.143. The monoisotopic (exact) mass is 301 g/mol. The van der Waals surface area contributed by atoms with E-state index in [1.54, 1.807) is 18.2 Å². The zero-order valence-electron chi connectivity index (χ0n) is 9.84. The van der Waals surface area contributed by atoms with Gasteiger partial charge in [0.25, 0.3) is 0 Å². The van der Waals surface area contributed by atoms with Gasteiger partial charge in [-0.05, 0) is 30.2 Å². The van der Waals surface area contributed by atoms with Crippen LogP contribution in [0, 0.1) is 11.6 Å². The van der Waals surface area contributed by atoms with E-state index in [0.717, 1.165) is 11.6 Å². The highest BCUT2D eigenvalue weighted by molar-refractivity contribution is 6.35. The van der Waals surface area contributed by atoms with Crippen molar-refractivity contribution in [2.45, 2.75) is 12.5 Å². The largest absolute Gasteiger partial charge is 0.324 e. The molecule has 1 atom stereocenters. The molecule has 2 rings (SSSR count).